The Kier molecular flexibility index (Phi) is 6.09. The molecule has 0 unspecified atom stereocenters. The molecule has 0 saturated carbocycles. The number of nitrogens with two attached hydrogens (primary N) is 1. The van der Waals surface area contributed by atoms with Crippen molar-refractivity contribution in [2.75, 3.05) is 19.6 Å². The maximum absolute atomic E-state index is 12.7. The standard InChI is InChI=1S/C16H23Cl2N3O/c1-3-20(4-2)16(22)15-8-14(19)10-21(15)9-11-5-12(17)7-13(18)6-11/h5-7,14-15H,3-4,8-10,19H2,1-2H3/t14-,15-/m0/s1. The van der Waals surface area contributed by atoms with Gasteiger partial charge in [-0.3, -0.25) is 9.69 Å². The number of amides is 1. The normalized spacial score (nSPS) is 22.0. The quantitative estimate of drug-likeness (QED) is 0.894. The van der Waals surface area contributed by atoms with Crippen LogP contribution in [0.25, 0.3) is 0 Å². The molecule has 2 N–H and O–H groups in total. The van der Waals surface area contributed by atoms with Crippen molar-refractivity contribution in [1.82, 2.24) is 9.80 Å². The molecular weight excluding hydrogens is 321 g/mol. The van der Waals surface area contributed by atoms with Crippen molar-refractivity contribution in [3.05, 3.63) is 33.8 Å². The number of carbonyl (C=O) groups excluding carboxylic acids is 1. The first-order chi connectivity index (χ1) is 10.4. The third kappa shape index (κ3) is 4.13. The Morgan fingerprint density at radius 1 is 1.27 bits per heavy atom. The summed E-state index contributed by atoms with van der Waals surface area (Å²) in [6.07, 6.45) is 0.698. The lowest BCUT2D eigenvalue weighted by Gasteiger charge is -2.28. The topological polar surface area (TPSA) is 49.6 Å². The minimum Gasteiger partial charge on any atom is -0.342 e. The summed E-state index contributed by atoms with van der Waals surface area (Å²) in [5.74, 6) is 0.158. The van der Waals surface area contributed by atoms with Gasteiger partial charge in [-0.1, -0.05) is 23.2 Å². The molecule has 2 atom stereocenters. The molecule has 0 aliphatic carbocycles. The third-order valence-electron chi connectivity index (χ3n) is 4.10. The van der Waals surface area contributed by atoms with E-state index in [4.69, 9.17) is 28.9 Å². The van der Waals surface area contributed by atoms with Crippen LogP contribution in [0.2, 0.25) is 10.0 Å². The van der Waals surface area contributed by atoms with Gasteiger partial charge in [0.25, 0.3) is 0 Å². The van der Waals surface area contributed by atoms with E-state index in [-0.39, 0.29) is 18.0 Å². The van der Waals surface area contributed by atoms with Crippen LogP contribution in [0.1, 0.15) is 25.8 Å². The highest BCUT2D eigenvalue weighted by atomic mass is 35.5. The zero-order chi connectivity index (χ0) is 16.3. The fourth-order valence-electron chi connectivity index (χ4n) is 3.05. The number of hydrogen-bond donors (Lipinski definition) is 1. The van der Waals surface area contributed by atoms with Crippen molar-refractivity contribution in [3.8, 4) is 0 Å². The largest absolute Gasteiger partial charge is 0.342 e. The molecule has 1 aliphatic rings. The maximum atomic E-state index is 12.7. The minimum absolute atomic E-state index is 0.0270. The van der Waals surface area contributed by atoms with Gasteiger partial charge in [0.2, 0.25) is 5.91 Å². The van der Waals surface area contributed by atoms with Crippen molar-refractivity contribution >= 4 is 29.1 Å². The van der Waals surface area contributed by atoms with E-state index in [1.807, 2.05) is 30.9 Å². The van der Waals surface area contributed by atoms with Crippen molar-refractivity contribution in [1.29, 1.82) is 0 Å². The summed E-state index contributed by atoms with van der Waals surface area (Å²) >= 11 is 12.1. The molecule has 1 saturated heterocycles. The van der Waals surface area contributed by atoms with Gasteiger partial charge in [-0.25, -0.2) is 0 Å². The van der Waals surface area contributed by atoms with Gasteiger partial charge < -0.3 is 10.6 Å². The van der Waals surface area contributed by atoms with E-state index < -0.39 is 0 Å². The highest BCUT2D eigenvalue weighted by Crippen LogP contribution is 2.25. The molecule has 2 rings (SSSR count). The van der Waals surface area contributed by atoms with Crippen LogP contribution >= 0.6 is 23.2 Å². The smallest absolute Gasteiger partial charge is 0.239 e. The third-order valence-corrected chi connectivity index (χ3v) is 4.54. The Balaban J connectivity index is 2.15. The van der Waals surface area contributed by atoms with E-state index in [0.29, 0.717) is 29.6 Å². The Morgan fingerprint density at radius 3 is 2.41 bits per heavy atom. The Hall–Kier alpha value is -0.810. The summed E-state index contributed by atoms with van der Waals surface area (Å²) in [5.41, 5.74) is 7.09. The SMILES string of the molecule is CCN(CC)C(=O)[C@@H]1C[C@H](N)CN1Cc1cc(Cl)cc(Cl)c1. The monoisotopic (exact) mass is 343 g/mol. The van der Waals surface area contributed by atoms with Gasteiger partial charge in [-0.2, -0.15) is 0 Å². The number of likely N-dealkylation sites (N-methyl/N-ethyl adjacent to an activating group) is 1. The molecule has 1 heterocycles. The molecule has 1 aromatic carbocycles. The average Bonchev–Trinajstić information content (AvgIpc) is 2.79. The molecule has 1 aromatic rings. The predicted octanol–water partition coefficient (Wildman–Crippen LogP) is 2.76. The molecular formula is C16H23Cl2N3O. The summed E-state index contributed by atoms with van der Waals surface area (Å²) in [6, 6.07) is 5.35. The van der Waals surface area contributed by atoms with Crippen LogP contribution in [0.15, 0.2) is 18.2 Å². The fourth-order valence-corrected chi connectivity index (χ4v) is 3.62. The van der Waals surface area contributed by atoms with E-state index in [2.05, 4.69) is 4.90 Å². The lowest BCUT2D eigenvalue weighted by Crippen LogP contribution is -2.45. The number of rotatable bonds is 5. The molecule has 4 nitrogen and oxygen atoms in total. The van der Waals surface area contributed by atoms with E-state index in [1.165, 1.54) is 0 Å². The average molecular weight is 344 g/mol. The molecule has 1 fully saturated rings. The van der Waals surface area contributed by atoms with Crippen molar-refractivity contribution < 1.29 is 4.79 Å². The van der Waals surface area contributed by atoms with Crippen LogP contribution in [0.4, 0.5) is 0 Å². The molecule has 6 heteroatoms. The van der Waals surface area contributed by atoms with E-state index in [1.54, 1.807) is 6.07 Å². The molecule has 1 amide bonds. The number of carbonyl (C=O) groups is 1. The van der Waals surface area contributed by atoms with Gasteiger partial charge >= 0.3 is 0 Å². The second-order valence-corrected chi connectivity index (χ2v) is 6.60. The first-order valence-corrected chi connectivity index (χ1v) is 8.43. The number of halogens is 2. The fraction of sp³-hybridized carbons (Fsp3) is 0.562. The molecule has 22 heavy (non-hydrogen) atoms. The summed E-state index contributed by atoms with van der Waals surface area (Å²) < 4.78 is 0. The van der Waals surface area contributed by atoms with Gasteiger partial charge in [0.15, 0.2) is 0 Å². The van der Waals surface area contributed by atoms with Gasteiger partial charge in [0.1, 0.15) is 0 Å². The highest BCUT2D eigenvalue weighted by Gasteiger charge is 2.36. The molecule has 0 bridgehead atoms. The lowest BCUT2D eigenvalue weighted by atomic mass is 10.1. The van der Waals surface area contributed by atoms with Gasteiger partial charge in [0.05, 0.1) is 6.04 Å². The van der Waals surface area contributed by atoms with E-state index in [9.17, 15) is 4.79 Å². The van der Waals surface area contributed by atoms with Crippen LogP contribution in [0.3, 0.4) is 0 Å². The van der Waals surface area contributed by atoms with Crippen LogP contribution < -0.4 is 5.73 Å². The molecule has 0 radical (unpaired) electrons. The van der Waals surface area contributed by atoms with Crippen LogP contribution in [-0.4, -0.2) is 47.4 Å². The molecule has 0 spiro atoms. The van der Waals surface area contributed by atoms with Gasteiger partial charge in [-0.05, 0) is 44.0 Å². The number of likely N-dealkylation sites (tertiary alicyclic amines) is 1. The van der Waals surface area contributed by atoms with Crippen molar-refractivity contribution in [3.63, 3.8) is 0 Å². The summed E-state index contributed by atoms with van der Waals surface area (Å²) in [4.78, 5) is 16.7. The summed E-state index contributed by atoms with van der Waals surface area (Å²) in [6.45, 7) is 6.78. The summed E-state index contributed by atoms with van der Waals surface area (Å²) in [7, 11) is 0. The minimum atomic E-state index is -0.160. The van der Waals surface area contributed by atoms with E-state index >= 15 is 0 Å². The lowest BCUT2D eigenvalue weighted by molar-refractivity contribution is -0.135. The molecule has 1 aliphatic heterocycles. The van der Waals surface area contributed by atoms with Gasteiger partial charge in [-0.15, -0.1) is 0 Å². The second kappa shape index (κ2) is 7.64. The first kappa shape index (κ1) is 17.5. The Bertz CT molecular complexity index is 514. The van der Waals surface area contributed by atoms with Crippen LogP contribution in [0, 0.1) is 0 Å². The highest BCUT2D eigenvalue weighted by molar-refractivity contribution is 6.34. The zero-order valence-electron chi connectivity index (χ0n) is 13.1. The van der Waals surface area contributed by atoms with Crippen molar-refractivity contribution in [2.45, 2.75) is 38.9 Å². The Morgan fingerprint density at radius 2 is 1.86 bits per heavy atom. The van der Waals surface area contributed by atoms with Gasteiger partial charge in [0, 0.05) is 42.3 Å². The van der Waals surface area contributed by atoms with Crippen molar-refractivity contribution in [2.24, 2.45) is 5.73 Å². The molecule has 122 valence electrons. The zero-order valence-corrected chi connectivity index (χ0v) is 14.6. The number of benzene rings is 1. The number of nitrogens with zero attached hydrogens (tertiary/aromatic N) is 2. The summed E-state index contributed by atoms with van der Waals surface area (Å²) in [5, 5.41) is 1.22. The maximum Gasteiger partial charge on any atom is 0.239 e. The number of hydrogen-bond acceptors (Lipinski definition) is 3. The van der Waals surface area contributed by atoms with Crippen LogP contribution in [0.5, 0.6) is 0 Å². The van der Waals surface area contributed by atoms with E-state index in [0.717, 1.165) is 18.7 Å². The van der Waals surface area contributed by atoms with Crippen LogP contribution in [-0.2, 0) is 11.3 Å². The molecule has 0 aromatic heterocycles. The first-order valence-electron chi connectivity index (χ1n) is 7.68. The second-order valence-electron chi connectivity index (χ2n) is 5.73. The Labute approximate surface area is 142 Å². The predicted molar refractivity (Wildman–Crippen MR) is 91.2 cm³/mol.